The molecule has 0 saturated carbocycles. The Morgan fingerprint density at radius 1 is 0.330 bits per heavy atom. The molecule has 34 heteroatoms. The second-order valence-corrected chi connectivity index (χ2v) is 23.1. The number of nitrogens with zero attached hydrogens (tertiary/aromatic N) is 2. The van der Waals surface area contributed by atoms with Crippen molar-refractivity contribution in [1.82, 2.24) is 53.2 Å². The van der Waals surface area contributed by atoms with Crippen LogP contribution in [0.2, 0.25) is 0 Å². The van der Waals surface area contributed by atoms with E-state index in [0.717, 1.165) is 25.7 Å². The van der Waals surface area contributed by atoms with Crippen molar-refractivity contribution in [2.24, 2.45) is 67.3 Å². The minimum atomic E-state index is -1.11. The van der Waals surface area contributed by atoms with Crippen molar-refractivity contribution in [1.29, 1.82) is 0 Å². The SMILES string of the molecule is C=C(C)C(=O)NC(CCCCN)C(=O)NC(CCCCN)C(N)=O.C=C(C)C(=O)NCCCCC(NC(=O)C(CCCN=C(N)N)NC(=O)C(CCCN=C(N)N)NC(=O)C(=C)C)C(N)=O.C=C(C)C(=O)NCCCCC(NC(=O)CNC(CCCCN)NC(=O)C(=C)C)C(N)=O. The van der Waals surface area contributed by atoms with Gasteiger partial charge in [-0.05, 0) is 176 Å². The fourth-order valence-corrected chi connectivity index (χ4v) is 8.15. The van der Waals surface area contributed by atoms with Crippen molar-refractivity contribution in [3.63, 3.8) is 0 Å². The summed E-state index contributed by atoms with van der Waals surface area (Å²) in [5.74, 6) is -6.11. The molecule has 0 spiro atoms. The number of nitrogens with two attached hydrogens (primary N) is 10. The molecule has 0 aromatic heterocycles. The van der Waals surface area contributed by atoms with Crippen LogP contribution in [-0.4, -0.2) is 178 Å². The highest BCUT2D eigenvalue weighted by Crippen LogP contribution is 2.10. The monoisotopic (exact) mass is 1370 g/mol. The van der Waals surface area contributed by atoms with Gasteiger partial charge >= 0.3 is 0 Å². The Kier molecular flexibility index (Phi) is 52.0. The molecule has 0 aromatic carbocycles. The van der Waals surface area contributed by atoms with Gasteiger partial charge in [-0.15, -0.1) is 0 Å². The number of hydrogen-bond donors (Lipinski definition) is 20. The lowest BCUT2D eigenvalue weighted by atomic mass is 10.0. The van der Waals surface area contributed by atoms with Crippen molar-refractivity contribution in [2.45, 2.75) is 199 Å². The Hall–Kier alpha value is -9.28. The molecule has 0 aromatic rings. The number of carbonyl (C=O) groups is 12. The fourth-order valence-electron chi connectivity index (χ4n) is 8.15. The number of unbranched alkanes of at least 4 members (excludes halogenated alkanes) is 5. The lowest BCUT2D eigenvalue weighted by molar-refractivity contribution is -0.133. The van der Waals surface area contributed by atoms with E-state index in [4.69, 9.17) is 57.3 Å². The molecule has 0 fully saturated rings. The minimum Gasteiger partial charge on any atom is -0.370 e. The summed E-state index contributed by atoms with van der Waals surface area (Å²) in [6.07, 6.45) is 9.16. The van der Waals surface area contributed by atoms with E-state index in [9.17, 15) is 57.5 Å². The number of amides is 12. The molecule has 30 N–H and O–H groups in total. The maximum atomic E-state index is 13.2. The van der Waals surface area contributed by atoms with E-state index in [2.05, 4.69) is 96.0 Å². The van der Waals surface area contributed by atoms with Crippen molar-refractivity contribution in [3.05, 3.63) is 60.8 Å². The quantitative estimate of drug-likeness (QED) is 0.00916. The molecular formula is C63H116N22O12. The second kappa shape index (κ2) is 54.9. The zero-order chi connectivity index (χ0) is 74.6. The van der Waals surface area contributed by atoms with E-state index in [1.54, 1.807) is 27.7 Å². The molecule has 0 aliphatic carbocycles. The van der Waals surface area contributed by atoms with Crippen LogP contribution in [0, 0.1) is 0 Å². The molecule has 0 aliphatic heterocycles. The van der Waals surface area contributed by atoms with Crippen molar-refractivity contribution in [2.75, 3.05) is 52.4 Å². The topological polar surface area (TPSA) is 610 Å². The fraction of sp³-hybridized carbons (Fsp3) is 0.619. The lowest BCUT2D eigenvalue weighted by Crippen LogP contribution is -2.56. The highest BCUT2D eigenvalue weighted by molar-refractivity contribution is 5.99. The summed E-state index contributed by atoms with van der Waals surface area (Å²) in [6, 6.07) is -5.50. The van der Waals surface area contributed by atoms with Crippen LogP contribution in [0.3, 0.4) is 0 Å². The van der Waals surface area contributed by atoms with E-state index in [1.807, 2.05) is 0 Å². The third kappa shape index (κ3) is 49.0. The Morgan fingerprint density at radius 3 is 0.928 bits per heavy atom. The van der Waals surface area contributed by atoms with Crippen LogP contribution in [-0.2, 0) is 57.5 Å². The lowest BCUT2D eigenvalue weighted by Gasteiger charge is -2.25. The Labute approximate surface area is 571 Å². The van der Waals surface area contributed by atoms with Crippen LogP contribution in [0.4, 0.5) is 0 Å². The molecule has 7 unspecified atom stereocenters. The van der Waals surface area contributed by atoms with Crippen molar-refractivity contribution < 1.29 is 57.5 Å². The second-order valence-electron chi connectivity index (χ2n) is 23.1. The average molecular weight is 1370 g/mol. The first-order valence-corrected chi connectivity index (χ1v) is 32.4. The van der Waals surface area contributed by atoms with E-state index in [1.165, 1.54) is 6.92 Å². The zero-order valence-electron chi connectivity index (χ0n) is 57.7. The van der Waals surface area contributed by atoms with Gasteiger partial charge in [0, 0.05) is 54.0 Å². The molecule has 97 heavy (non-hydrogen) atoms. The highest BCUT2D eigenvalue weighted by Gasteiger charge is 2.30. The number of primary amides is 3. The van der Waals surface area contributed by atoms with Gasteiger partial charge in [-0.2, -0.15) is 0 Å². The van der Waals surface area contributed by atoms with Gasteiger partial charge in [0.25, 0.3) is 0 Å². The molecule has 0 rings (SSSR count). The van der Waals surface area contributed by atoms with Crippen LogP contribution in [0.25, 0.3) is 0 Å². The molecular weight excluding hydrogens is 1260 g/mol. The molecule has 0 radical (unpaired) electrons. The number of nitrogens with one attached hydrogen (secondary N) is 10. The predicted octanol–water partition coefficient (Wildman–Crippen LogP) is -3.70. The van der Waals surface area contributed by atoms with Gasteiger partial charge in [-0.3, -0.25) is 72.8 Å². The standard InChI is InChI=1S/C26H47N11O5.C21H38N6O4.C16H31N5O3/c1-15(2)21(39)32-12-6-5-9-17(20(27)38)35-23(41)19(11-8-14-34-26(30)31)37-24(42)18(36-22(40)16(3)4)10-7-13-33-25(28)29;1-14(2)20(30)24-12-8-6-9-16(19(23)29)26-18(28)13-25-17(10-5-7-11-22)27-21(31)15(3)4;1-11(2)15(23)21-13(8-4-6-10-18)16(24)20-12(14(19)22)7-3-5-9-17/h17-19H,1,3,5-14H2,2,4H3,(H2,27,38)(H,32,39)(H,35,41)(H,36,40)(H,37,42)(H4,28,29,33)(H4,30,31,34);16-17,25H,1,3,5-13,22H2,2,4H3,(H2,23,29)(H,24,30)(H,26,28)(H,27,31);12-13H,1,3-10,17-18H2,2H3,(H2,19,22)(H,20,24)(H,21,23). The minimum absolute atomic E-state index is 0.0950. The first-order valence-electron chi connectivity index (χ1n) is 32.4. The van der Waals surface area contributed by atoms with Gasteiger partial charge in [0.15, 0.2) is 11.9 Å². The summed E-state index contributed by atoms with van der Waals surface area (Å²) in [5, 5.41) is 26.8. The largest absolute Gasteiger partial charge is 0.370 e. The van der Waals surface area contributed by atoms with Crippen molar-refractivity contribution >= 4 is 82.8 Å². The number of rotatable bonds is 51. The first-order chi connectivity index (χ1) is 45.6. The van der Waals surface area contributed by atoms with Gasteiger partial charge < -0.3 is 105 Å². The van der Waals surface area contributed by atoms with Crippen LogP contribution in [0.5, 0.6) is 0 Å². The first kappa shape index (κ1) is 91.9. The maximum absolute atomic E-state index is 13.2. The van der Waals surface area contributed by atoms with E-state index < -0.39 is 95.6 Å². The Bertz CT molecular complexity index is 2660. The summed E-state index contributed by atoms with van der Waals surface area (Å²) >= 11 is 0. The van der Waals surface area contributed by atoms with E-state index >= 15 is 0 Å². The number of guanidine groups is 2. The van der Waals surface area contributed by atoms with E-state index in [-0.39, 0.29) is 74.1 Å². The van der Waals surface area contributed by atoms with Crippen LogP contribution in [0.15, 0.2) is 70.7 Å². The summed E-state index contributed by atoms with van der Waals surface area (Å²) < 4.78 is 0. The molecule has 0 aliphatic rings. The number of carbonyl (C=O) groups excluding carboxylic acids is 12. The van der Waals surface area contributed by atoms with Crippen molar-refractivity contribution in [3.8, 4) is 0 Å². The molecule has 0 heterocycles. The molecule has 7 atom stereocenters. The zero-order valence-corrected chi connectivity index (χ0v) is 57.7. The summed E-state index contributed by atoms with van der Waals surface area (Å²) in [6.45, 7) is 28.4. The molecule has 0 bridgehead atoms. The van der Waals surface area contributed by atoms with Crippen LogP contribution < -0.4 is 111 Å². The van der Waals surface area contributed by atoms with Gasteiger partial charge in [-0.25, -0.2) is 0 Å². The predicted molar refractivity (Wildman–Crippen MR) is 375 cm³/mol. The van der Waals surface area contributed by atoms with Gasteiger partial charge in [0.05, 0.1) is 12.7 Å². The van der Waals surface area contributed by atoms with Crippen LogP contribution in [0.1, 0.15) is 157 Å². The van der Waals surface area contributed by atoms with Gasteiger partial charge in [-0.1, -0.05) is 32.9 Å². The average Bonchev–Trinajstić information content (AvgIpc) is 1.38. The number of hydrogen-bond acceptors (Lipinski definition) is 18. The third-order valence-electron chi connectivity index (χ3n) is 13.8. The molecule has 550 valence electrons. The summed E-state index contributed by atoms with van der Waals surface area (Å²) in [4.78, 5) is 153. The maximum Gasteiger partial charge on any atom is 0.247 e. The normalized spacial score (nSPS) is 12.5. The summed E-state index contributed by atoms with van der Waals surface area (Å²) in [7, 11) is 0. The van der Waals surface area contributed by atoms with E-state index in [0.29, 0.717) is 132 Å². The van der Waals surface area contributed by atoms with Gasteiger partial charge in [0.2, 0.25) is 70.9 Å². The van der Waals surface area contributed by atoms with Gasteiger partial charge in [0.1, 0.15) is 36.3 Å². The Morgan fingerprint density at radius 2 is 0.608 bits per heavy atom. The molecule has 34 nitrogen and oxygen atoms in total. The summed E-state index contributed by atoms with van der Waals surface area (Å²) in [5.41, 5.74) is 55.7. The Balaban J connectivity index is -0.00000142. The smallest absolute Gasteiger partial charge is 0.247 e. The number of aliphatic imine (C=N–C) groups is 2. The third-order valence-corrected chi connectivity index (χ3v) is 13.8. The molecule has 0 saturated heterocycles. The van der Waals surface area contributed by atoms with Crippen LogP contribution >= 0.6 is 0 Å². The highest BCUT2D eigenvalue weighted by atomic mass is 16.2. The molecule has 12 amide bonds.